The van der Waals surface area contributed by atoms with E-state index in [0.717, 1.165) is 38.9 Å². The average Bonchev–Trinajstić information content (AvgIpc) is 2.99. The lowest BCUT2D eigenvalue weighted by molar-refractivity contribution is -0.147. The predicted octanol–water partition coefficient (Wildman–Crippen LogP) is 2.98. The Labute approximate surface area is 139 Å². The van der Waals surface area contributed by atoms with Gasteiger partial charge in [-0.2, -0.15) is 0 Å². The Bertz CT molecular complexity index is 470. The van der Waals surface area contributed by atoms with Crippen LogP contribution in [0.2, 0.25) is 0 Å². The predicted molar refractivity (Wildman–Crippen MR) is 90.8 cm³/mol. The molecule has 2 aliphatic heterocycles. The Hall–Kier alpha value is -1.32. The van der Waals surface area contributed by atoms with E-state index in [4.69, 9.17) is 0 Å². The number of piperidine rings is 1. The van der Waals surface area contributed by atoms with E-state index in [-0.39, 0.29) is 11.3 Å². The zero-order valence-electron chi connectivity index (χ0n) is 14.3. The Morgan fingerprint density at radius 3 is 2.70 bits per heavy atom. The number of hydrogen-bond acceptors (Lipinski definition) is 2. The van der Waals surface area contributed by atoms with Crippen LogP contribution in [0.4, 0.5) is 0 Å². The van der Waals surface area contributed by atoms with Crippen LogP contribution in [0, 0.1) is 11.3 Å². The minimum atomic E-state index is -0.288. The van der Waals surface area contributed by atoms with E-state index in [2.05, 4.69) is 11.5 Å². The van der Waals surface area contributed by atoms with Gasteiger partial charge in [0.1, 0.15) is 0 Å². The van der Waals surface area contributed by atoms with Crippen LogP contribution in [0.25, 0.3) is 0 Å². The van der Waals surface area contributed by atoms with Gasteiger partial charge in [0.15, 0.2) is 0 Å². The summed E-state index contributed by atoms with van der Waals surface area (Å²) < 4.78 is 0. The first-order valence-corrected chi connectivity index (χ1v) is 9.33. The molecule has 2 amide bonds. The summed E-state index contributed by atoms with van der Waals surface area (Å²) in [7, 11) is 0. The van der Waals surface area contributed by atoms with Gasteiger partial charge in [0.05, 0.1) is 5.41 Å². The largest absolute Gasteiger partial charge is 0.342 e. The van der Waals surface area contributed by atoms with Crippen LogP contribution in [0.3, 0.4) is 0 Å². The normalized spacial score (nSPS) is 29.3. The molecule has 0 N–H and O–H groups in total. The summed E-state index contributed by atoms with van der Waals surface area (Å²) in [6, 6.07) is 0. The molecule has 2 saturated heterocycles. The van der Waals surface area contributed by atoms with Crippen molar-refractivity contribution >= 4 is 11.8 Å². The number of likely N-dealkylation sites (tertiary alicyclic amines) is 2. The maximum atomic E-state index is 13.1. The van der Waals surface area contributed by atoms with Gasteiger partial charge < -0.3 is 9.80 Å². The van der Waals surface area contributed by atoms with Gasteiger partial charge >= 0.3 is 0 Å². The maximum absolute atomic E-state index is 13.1. The minimum absolute atomic E-state index is 0.120. The van der Waals surface area contributed by atoms with Crippen LogP contribution >= 0.6 is 0 Å². The smallest absolute Gasteiger partial charge is 0.230 e. The van der Waals surface area contributed by atoms with E-state index in [1.165, 1.54) is 32.1 Å². The SMILES string of the molecule is C=CCC(=O)N1CC[C@@]2(CCCN(CC3CCCCC3)C2=O)C1. The molecule has 0 aromatic carbocycles. The van der Waals surface area contributed by atoms with Gasteiger partial charge in [-0.15, -0.1) is 6.58 Å². The van der Waals surface area contributed by atoms with E-state index in [0.29, 0.717) is 24.8 Å². The topological polar surface area (TPSA) is 40.6 Å². The summed E-state index contributed by atoms with van der Waals surface area (Å²) >= 11 is 0. The molecule has 128 valence electrons. The Kier molecular flexibility index (Phi) is 5.08. The zero-order valence-corrected chi connectivity index (χ0v) is 14.3. The second-order valence-corrected chi connectivity index (χ2v) is 7.70. The minimum Gasteiger partial charge on any atom is -0.342 e. The first-order chi connectivity index (χ1) is 11.1. The number of carbonyl (C=O) groups excluding carboxylic acids is 2. The molecule has 1 aliphatic carbocycles. The van der Waals surface area contributed by atoms with Crippen molar-refractivity contribution in [3.8, 4) is 0 Å². The third-order valence-electron chi connectivity index (χ3n) is 6.05. The van der Waals surface area contributed by atoms with Gasteiger partial charge in [0.2, 0.25) is 11.8 Å². The highest BCUT2D eigenvalue weighted by molar-refractivity contribution is 5.86. The third kappa shape index (κ3) is 3.46. The highest BCUT2D eigenvalue weighted by atomic mass is 16.2. The number of carbonyl (C=O) groups is 2. The number of rotatable bonds is 4. The summed E-state index contributed by atoms with van der Waals surface area (Å²) in [5, 5.41) is 0. The average molecular weight is 318 g/mol. The molecule has 0 aromatic rings. The highest BCUT2D eigenvalue weighted by Gasteiger charge is 2.49. The summed E-state index contributed by atoms with van der Waals surface area (Å²) in [4.78, 5) is 29.2. The second kappa shape index (κ2) is 7.06. The molecular weight excluding hydrogens is 288 g/mol. The van der Waals surface area contributed by atoms with E-state index < -0.39 is 0 Å². The van der Waals surface area contributed by atoms with Gasteiger partial charge in [0.25, 0.3) is 0 Å². The van der Waals surface area contributed by atoms with Crippen molar-refractivity contribution < 1.29 is 9.59 Å². The Morgan fingerprint density at radius 2 is 1.96 bits per heavy atom. The van der Waals surface area contributed by atoms with Gasteiger partial charge in [-0.3, -0.25) is 9.59 Å². The lowest BCUT2D eigenvalue weighted by atomic mass is 9.77. The van der Waals surface area contributed by atoms with Crippen molar-refractivity contribution in [3.63, 3.8) is 0 Å². The molecule has 0 unspecified atom stereocenters. The molecule has 0 radical (unpaired) electrons. The van der Waals surface area contributed by atoms with Crippen LogP contribution < -0.4 is 0 Å². The van der Waals surface area contributed by atoms with Crippen molar-refractivity contribution in [1.29, 1.82) is 0 Å². The fourth-order valence-corrected chi connectivity index (χ4v) is 4.72. The van der Waals surface area contributed by atoms with Gasteiger partial charge in [-0.1, -0.05) is 25.3 Å². The number of nitrogens with zero attached hydrogens (tertiary/aromatic N) is 2. The molecular formula is C19H30N2O2. The lowest BCUT2D eigenvalue weighted by Gasteiger charge is -2.41. The standard InChI is InChI=1S/C19H30N2O2/c1-2-7-17(22)21-13-11-19(15-21)10-6-12-20(18(19)23)14-16-8-4-3-5-9-16/h2,16H,1,3-15H2/t19-/m0/s1. The summed E-state index contributed by atoms with van der Waals surface area (Å²) in [6.07, 6.45) is 11.5. The van der Waals surface area contributed by atoms with Crippen LogP contribution in [0.5, 0.6) is 0 Å². The summed E-state index contributed by atoms with van der Waals surface area (Å²) in [5.74, 6) is 1.14. The number of hydrogen-bond donors (Lipinski definition) is 0. The first kappa shape index (κ1) is 16.5. The van der Waals surface area contributed by atoms with Crippen LogP contribution in [-0.4, -0.2) is 47.8 Å². The quantitative estimate of drug-likeness (QED) is 0.748. The molecule has 0 aromatic heterocycles. The van der Waals surface area contributed by atoms with Crippen molar-refractivity contribution in [2.75, 3.05) is 26.2 Å². The van der Waals surface area contributed by atoms with Crippen molar-refractivity contribution in [2.45, 2.75) is 57.8 Å². The van der Waals surface area contributed by atoms with Gasteiger partial charge in [0, 0.05) is 32.6 Å². The molecule has 4 heteroatoms. The number of amides is 2. The second-order valence-electron chi connectivity index (χ2n) is 7.70. The van der Waals surface area contributed by atoms with E-state index in [1.807, 2.05) is 4.90 Å². The first-order valence-electron chi connectivity index (χ1n) is 9.33. The molecule has 0 bridgehead atoms. The molecule has 1 spiro atoms. The molecule has 23 heavy (non-hydrogen) atoms. The maximum Gasteiger partial charge on any atom is 0.230 e. The zero-order chi connectivity index (χ0) is 16.3. The Balaban J connectivity index is 1.62. The molecule has 3 fully saturated rings. The van der Waals surface area contributed by atoms with Gasteiger partial charge in [-0.25, -0.2) is 0 Å². The van der Waals surface area contributed by atoms with E-state index in [9.17, 15) is 9.59 Å². The van der Waals surface area contributed by atoms with Crippen LogP contribution in [-0.2, 0) is 9.59 Å². The molecule has 4 nitrogen and oxygen atoms in total. The van der Waals surface area contributed by atoms with Crippen LogP contribution in [0.15, 0.2) is 12.7 Å². The van der Waals surface area contributed by atoms with E-state index in [1.54, 1.807) is 6.08 Å². The molecule has 3 aliphatic rings. The van der Waals surface area contributed by atoms with Crippen molar-refractivity contribution in [2.24, 2.45) is 11.3 Å². The molecule has 3 rings (SSSR count). The van der Waals surface area contributed by atoms with Crippen LogP contribution in [0.1, 0.15) is 57.8 Å². The fraction of sp³-hybridized carbons (Fsp3) is 0.789. The van der Waals surface area contributed by atoms with Crippen molar-refractivity contribution in [1.82, 2.24) is 9.80 Å². The highest BCUT2D eigenvalue weighted by Crippen LogP contribution is 2.41. The molecule has 2 heterocycles. The summed E-state index contributed by atoms with van der Waals surface area (Å²) in [6.45, 7) is 6.86. The van der Waals surface area contributed by atoms with Gasteiger partial charge in [-0.05, 0) is 38.0 Å². The Morgan fingerprint density at radius 1 is 1.17 bits per heavy atom. The van der Waals surface area contributed by atoms with Crippen molar-refractivity contribution in [3.05, 3.63) is 12.7 Å². The summed E-state index contributed by atoms with van der Waals surface area (Å²) in [5.41, 5.74) is -0.288. The monoisotopic (exact) mass is 318 g/mol. The molecule has 1 saturated carbocycles. The van der Waals surface area contributed by atoms with E-state index >= 15 is 0 Å². The lowest BCUT2D eigenvalue weighted by Crippen LogP contribution is -2.51. The third-order valence-corrected chi connectivity index (χ3v) is 6.05. The fourth-order valence-electron chi connectivity index (χ4n) is 4.72. The molecule has 1 atom stereocenters.